The van der Waals surface area contributed by atoms with Gasteiger partial charge in [-0.3, -0.25) is 10.1 Å². The molecule has 2 aromatic rings. The van der Waals surface area contributed by atoms with Crippen LogP contribution >= 0.6 is 27.5 Å². The molecule has 0 radical (unpaired) electrons. The van der Waals surface area contributed by atoms with E-state index in [0.717, 1.165) is 0 Å². The van der Waals surface area contributed by atoms with Crippen molar-refractivity contribution in [2.75, 3.05) is 5.32 Å². The van der Waals surface area contributed by atoms with Crippen molar-refractivity contribution in [2.24, 2.45) is 0 Å². The number of nitrogens with one attached hydrogen (secondary N) is 1. The fourth-order valence-electron chi connectivity index (χ4n) is 1.66. The summed E-state index contributed by atoms with van der Waals surface area (Å²) in [5.74, 6) is -1.06. The monoisotopic (exact) mass is 370 g/mol. The zero-order chi connectivity index (χ0) is 15.6. The highest BCUT2D eigenvalue weighted by Crippen LogP contribution is 2.33. The van der Waals surface area contributed by atoms with E-state index in [0.29, 0.717) is 15.2 Å². The molecule has 2 rings (SSSR count). The van der Waals surface area contributed by atoms with Crippen molar-refractivity contribution in [3.05, 3.63) is 61.6 Å². The minimum atomic E-state index is -1.06. The Hall–Kier alpha value is -2.12. The van der Waals surface area contributed by atoms with Gasteiger partial charge in [0.05, 0.1) is 16.2 Å². The maximum absolute atomic E-state index is 11.0. The molecule has 108 valence electrons. The minimum absolute atomic E-state index is 0.105. The van der Waals surface area contributed by atoms with Crippen molar-refractivity contribution in [3.8, 4) is 0 Å². The quantitative estimate of drug-likeness (QED) is 0.612. The number of halogens is 2. The average Bonchev–Trinajstić information content (AvgIpc) is 2.40. The van der Waals surface area contributed by atoms with Gasteiger partial charge in [0.25, 0.3) is 5.69 Å². The molecule has 0 atom stereocenters. The largest absolute Gasteiger partial charge is 0.478 e. The maximum atomic E-state index is 11.0. The number of nitrogens with zero attached hydrogens (tertiary/aromatic N) is 1. The van der Waals surface area contributed by atoms with Crippen LogP contribution in [0.25, 0.3) is 0 Å². The van der Waals surface area contributed by atoms with Crippen LogP contribution in [0.2, 0.25) is 5.02 Å². The van der Waals surface area contributed by atoms with Gasteiger partial charge >= 0.3 is 5.97 Å². The Morgan fingerprint density at radius 3 is 2.52 bits per heavy atom. The lowest BCUT2D eigenvalue weighted by Gasteiger charge is -2.10. The molecule has 0 unspecified atom stereocenters. The average molecular weight is 372 g/mol. The van der Waals surface area contributed by atoms with E-state index in [9.17, 15) is 14.9 Å². The lowest BCUT2D eigenvalue weighted by atomic mass is 10.2. The molecule has 21 heavy (non-hydrogen) atoms. The second kappa shape index (κ2) is 6.11. The Morgan fingerprint density at radius 1 is 1.24 bits per heavy atom. The lowest BCUT2D eigenvalue weighted by molar-refractivity contribution is -0.383. The highest BCUT2D eigenvalue weighted by molar-refractivity contribution is 9.10. The number of benzene rings is 2. The van der Waals surface area contributed by atoms with E-state index >= 15 is 0 Å². The van der Waals surface area contributed by atoms with Gasteiger partial charge in [-0.05, 0) is 46.3 Å². The molecule has 0 saturated carbocycles. The molecule has 0 bridgehead atoms. The smallest absolute Gasteiger partial charge is 0.335 e. The molecule has 2 N–H and O–H groups in total. The van der Waals surface area contributed by atoms with Crippen molar-refractivity contribution < 1.29 is 14.8 Å². The first-order valence-electron chi connectivity index (χ1n) is 5.62. The number of rotatable bonds is 4. The van der Waals surface area contributed by atoms with Gasteiger partial charge < -0.3 is 10.4 Å². The van der Waals surface area contributed by atoms with Gasteiger partial charge in [-0.25, -0.2) is 4.79 Å². The van der Waals surface area contributed by atoms with Crippen LogP contribution in [-0.2, 0) is 0 Å². The summed E-state index contributed by atoms with van der Waals surface area (Å²) >= 11 is 9.07. The number of nitro groups is 1. The Bertz CT molecular complexity index is 736. The summed E-state index contributed by atoms with van der Waals surface area (Å²) in [6.45, 7) is 0. The molecule has 0 saturated heterocycles. The number of carboxylic acids is 1. The van der Waals surface area contributed by atoms with Crippen molar-refractivity contribution in [1.82, 2.24) is 0 Å². The molecule has 0 spiro atoms. The van der Waals surface area contributed by atoms with E-state index in [2.05, 4.69) is 21.2 Å². The van der Waals surface area contributed by atoms with Gasteiger partial charge in [-0.15, -0.1) is 0 Å². The third-order valence-electron chi connectivity index (χ3n) is 2.64. The zero-order valence-corrected chi connectivity index (χ0v) is 12.7. The Balaban J connectivity index is 2.40. The number of hydrogen-bond acceptors (Lipinski definition) is 4. The predicted molar refractivity (Wildman–Crippen MR) is 82.5 cm³/mol. The maximum Gasteiger partial charge on any atom is 0.335 e. The van der Waals surface area contributed by atoms with E-state index < -0.39 is 10.9 Å². The molecule has 0 aliphatic rings. The topological polar surface area (TPSA) is 92.5 Å². The summed E-state index contributed by atoms with van der Waals surface area (Å²) in [6.07, 6.45) is 0. The fraction of sp³-hybridized carbons (Fsp3) is 0. The predicted octanol–water partition coefficient (Wildman–Crippen LogP) is 4.45. The molecular weight excluding hydrogens is 364 g/mol. The Morgan fingerprint density at radius 2 is 1.95 bits per heavy atom. The number of anilines is 2. The SMILES string of the molecule is O=C(O)c1ccc(Nc2cc(Cl)ccc2[N+](=O)[O-])c(Br)c1. The Labute approximate surface area is 132 Å². The van der Waals surface area contributed by atoms with Crippen molar-refractivity contribution in [3.63, 3.8) is 0 Å². The molecule has 8 heteroatoms. The van der Waals surface area contributed by atoms with Gasteiger partial charge in [0, 0.05) is 15.6 Å². The highest BCUT2D eigenvalue weighted by Gasteiger charge is 2.15. The van der Waals surface area contributed by atoms with Gasteiger partial charge in [-0.2, -0.15) is 0 Å². The van der Waals surface area contributed by atoms with E-state index in [1.54, 1.807) is 0 Å². The number of carboxylic acid groups (broad SMARTS) is 1. The number of nitro benzene ring substituents is 1. The normalized spacial score (nSPS) is 10.2. The van der Waals surface area contributed by atoms with Crippen LogP contribution in [0.15, 0.2) is 40.9 Å². The Kier molecular flexibility index (Phi) is 4.44. The molecule has 6 nitrogen and oxygen atoms in total. The molecule has 0 heterocycles. The molecular formula is C13H8BrClN2O4. The minimum Gasteiger partial charge on any atom is -0.478 e. The van der Waals surface area contributed by atoms with Gasteiger partial charge in [0.2, 0.25) is 0 Å². The van der Waals surface area contributed by atoms with Crippen LogP contribution in [0.1, 0.15) is 10.4 Å². The first-order valence-corrected chi connectivity index (χ1v) is 6.79. The summed E-state index contributed by atoms with van der Waals surface area (Å²) in [5, 5.41) is 23.1. The van der Waals surface area contributed by atoms with Gasteiger partial charge in [0.15, 0.2) is 0 Å². The lowest BCUT2D eigenvalue weighted by Crippen LogP contribution is -2.00. The first-order chi connectivity index (χ1) is 9.88. The second-order valence-corrected chi connectivity index (χ2v) is 5.33. The fourth-order valence-corrected chi connectivity index (χ4v) is 2.31. The van der Waals surface area contributed by atoms with Crippen LogP contribution < -0.4 is 5.32 Å². The third-order valence-corrected chi connectivity index (χ3v) is 3.53. The van der Waals surface area contributed by atoms with Crippen molar-refractivity contribution in [2.45, 2.75) is 0 Å². The molecule has 2 aromatic carbocycles. The standard InChI is InChI=1S/C13H8BrClN2O4/c14-9-5-7(13(18)19)1-3-10(9)16-11-6-8(15)2-4-12(11)17(20)21/h1-6,16H,(H,18,19). The van der Waals surface area contributed by atoms with E-state index in [1.807, 2.05) is 0 Å². The second-order valence-electron chi connectivity index (χ2n) is 4.04. The summed E-state index contributed by atoms with van der Waals surface area (Å²) < 4.78 is 0.469. The first kappa shape index (κ1) is 15.3. The summed E-state index contributed by atoms with van der Waals surface area (Å²) in [4.78, 5) is 21.3. The van der Waals surface area contributed by atoms with Crippen LogP contribution in [0.3, 0.4) is 0 Å². The molecule has 0 aromatic heterocycles. The van der Waals surface area contributed by atoms with Crippen LogP contribution in [0.4, 0.5) is 17.1 Å². The number of hydrogen-bond donors (Lipinski definition) is 2. The highest BCUT2D eigenvalue weighted by atomic mass is 79.9. The van der Waals surface area contributed by atoms with Gasteiger partial charge in [-0.1, -0.05) is 11.6 Å². The van der Waals surface area contributed by atoms with Crippen molar-refractivity contribution in [1.29, 1.82) is 0 Å². The summed E-state index contributed by atoms with van der Waals surface area (Å²) in [5.41, 5.74) is 0.684. The van der Waals surface area contributed by atoms with E-state index in [4.69, 9.17) is 16.7 Å². The summed E-state index contributed by atoms with van der Waals surface area (Å²) in [7, 11) is 0. The number of carbonyl (C=O) groups is 1. The van der Waals surface area contributed by atoms with Crippen LogP contribution in [0.5, 0.6) is 0 Å². The molecule has 0 amide bonds. The van der Waals surface area contributed by atoms with Crippen molar-refractivity contribution >= 4 is 50.6 Å². The zero-order valence-electron chi connectivity index (χ0n) is 10.3. The third kappa shape index (κ3) is 3.50. The number of aromatic carboxylic acids is 1. The van der Waals surface area contributed by atoms with E-state index in [-0.39, 0.29) is 16.9 Å². The van der Waals surface area contributed by atoms with Crippen LogP contribution in [-0.4, -0.2) is 16.0 Å². The molecule has 0 aliphatic carbocycles. The van der Waals surface area contributed by atoms with E-state index in [1.165, 1.54) is 36.4 Å². The van der Waals surface area contributed by atoms with Gasteiger partial charge in [0.1, 0.15) is 5.69 Å². The molecule has 0 fully saturated rings. The molecule has 0 aliphatic heterocycles. The van der Waals surface area contributed by atoms with Crippen LogP contribution in [0, 0.1) is 10.1 Å². The summed E-state index contributed by atoms with van der Waals surface area (Å²) in [6, 6.07) is 8.46.